The van der Waals surface area contributed by atoms with E-state index in [4.69, 9.17) is 10.5 Å². The summed E-state index contributed by atoms with van der Waals surface area (Å²) in [5.41, 5.74) is 7.10. The Balaban J connectivity index is 1.58. The van der Waals surface area contributed by atoms with Crippen molar-refractivity contribution >= 4 is 21.8 Å². The van der Waals surface area contributed by atoms with E-state index in [2.05, 4.69) is 30.8 Å². The molecule has 4 rings (SSSR count). The zero-order chi connectivity index (χ0) is 30.2. The van der Waals surface area contributed by atoms with E-state index in [1.54, 1.807) is 4.90 Å². The van der Waals surface area contributed by atoms with Gasteiger partial charge in [-0.05, 0) is 56.7 Å². The number of carbonyl (C=O) groups excluding carboxylic acids is 2. The summed E-state index contributed by atoms with van der Waals surface area (Å²) in [7, 11) is -4.38. The lowest BCUT2D eigenvalue weighted by Crippen LogP contribution is -2.60. The molecule has 2 atom stereocenters. The Bertz CT molecular complexity index is 1390. The second-order valence-corrected chi connectivity index (χ2v) is 12.9. The summed E-state index contributed by atoms with van der Waals surface area (Å²) in [6, 6.07) is 7.56. The number of alkyl halides is 3. The molecule has 2 amide bonds. The van der Waals surface area contributed by atoms with Crippen molar-refractivity contribution in [3.8, 4) is 11.5 Å². The van der Waals surface area contributed by atoms with E-state index in [1.807, 2.05) is 18.2 Å². The maximum absolute atomic E-state index is 13.8. The molecule has 10 nitrogen and oxygen atoms in total. The van der Waals surface area contributed by atoms with Gasteiger partial charge in [-0.25, -0.2) is 8.42 Å². The highest BCUT2D eigenvalue weighted by atomic mass is 32.2. The molecule has 3 N–H and O–H groups in total. The first kappa shape index (κ1) is 30.6. The van der Waals surface area contributed by atoms with Crippen LogP contribution in [0.2, 0.25) is 0 Å². The zero-order valence-electron chi connectivity index (χ0n) is 22.9. The molecular weight excluding hydrogens is 565 g/mol. The standard InChI is InChI=1S/C27H33F3N4O6S/c1-26(2,3)32-16-17-4-9-20-21(10-13-39-23(20)14-17)33-11-12-34(22(25(33)36)15-24(31)35)41(37,38)19-7-5-18(6-8-19)40-27(28,29)30/h4-9,14,21-22,32H,10-13,15-16H2,1-3H3,(H2,31,35)/t21-,22?/m1/s1. The summed E-state index contributed by atoms with van der Waals surface area (Å²) in [6.45, 7) is 7.01. The van der Waals surface area contributed by atoms with E-state index in [0.29, 0.717) is 25.3 Å². The van der Waals surface area contributed by atoms with Gasteiger partial charge < -0.3 is 25.4 Å². The average Bonchev–Trinajstić information content (AvgIpc) is 2.87. The van der Waals surface area contributed by atoms with E-state index in [-0.39, 0.29) is 23.5 Å². The number of ether oxygens (including phenoxy) is 2. The van der Waals surface area contributed by atoms with Crippen LogP contribution < -0.4 is 20.5 Å². The fourth-order valence-electron chi connectivity index (χ4n) is 4.93. The monoisotopic (exact) mass is 598 g/mol. The van der Waals surface area contributed by atoms with Crippen molar-refractivity contribution in [1.29, 1.82) is 0 Å². The van der Waals surface area contributed by atoms with Crippen molar-refractivity contribution in [2.24, 2.45) is 5.73 Å². The molecule has 14 heteroatoms. The summed E-state index contributed by atoms with van der Waals surface area (Å²) in [6.07, 6.45) is -5.03. The number of amides is 2. The van der Waals surface area contributed by atoms with Crippen LogP contribution in [0.4, 0.5) is 13.2 Å². The van der Waals surface area contributed by atoms with Crippen molar-refractivity contribution in [3.63, 3.8) is 0 Å². The maximum Gasteiger partial charge on any atom is 0.573 e. The zero-order valence-corrected chi connectivity index (χ0v) is 23.7. The second-order valence-electron chi connectivity index (χ2n) is 11.0. The molecular formula is C27H33F3N4O6S. The molecule has 0 aliphatic carbocycles. The molecule has 0 saturated carbocycles. The van der Waals surface area contributed by atoms with E-state index >= 15 is 0 Å². The third-order valence-electron chi connectivity index (χ3n) is 6.82. The third kappa shape index (κ3) is 7.29. The summed E-state index contributed by atoms with van der Waals surface area (Å²) < 4.78 is 75.1. The van der Waals surface area contributed by atoms with Crippen LogP contribution in [0.3, 0.4) is 0 Å². The highest BCUT2D eigenvalue weighted by molar-refractivity contribution is 7.89. The van der Waals surface area contributed by atoms with Gasteiger partial charge >= 0.3 is 6.36 Å². The van der Waals surface area contributed by atoms with Crippen LogP contribution in [0, 0.1) is 0 Å². The van der Waals surface area contributed by atoms with Crippen LogP contribution in [0.15, 0.2) is 47.4 Å². The Labute approximate surface area is 236 Å². The van der Waals surface area contributed by atoms with E-state index in [1.165, 1.54) is 0 Å². The number of carbonyl (C=O) groups is 2. The summed E-state index contributed by atoms with van der Waals surface area (Å²) in [5, 5.41) is 3.41. The van der Waals surface area contributed by atoms with Gasteiger partial charge in [0.15, 0.2) is 0 Å². The van der Waals surface area contributed by atoms with Gasteiger partial charge in [0.2, 0.25) is 21.8 Å². The van der Waals surface area contributed by atoms with Gasteiger partial charge in [0.1, 0.15) is 17.5 Å². The Morgan fingerprint density at radius 3 is 2.41 bits per heavy atom. The highest BCUT2D eigenvalue weighted by Gasteiger charge is 2.45. The largest absolute Gasteiger partial charge is 0.573 e. The number of nitrogens with two attached hydrogens (primary N) is 1. The SMILES string of the molecule is CC(C)(C)NCc1ccc2c(c1)OCC[C@H]2N1CCN(S(=O)(=O)c2ccc(OC(F)(F)F)cc2)C(CC(N)=O)C1=O. The number of rotatable bonds is 8. The van der Waals surface area contributed by atoms with Crippen molar-refractivity contribution in [1.82, 2.24) is 14.5 Å². The number of piperazine rings is 1. The number of nitrogens with one attached hydrogen (secondary N) is 1. The number of halogens is 3. The van der Waals surface area contributed by atoms with Crippen molar-refractivity contribution in [2.75, 3.05) is 19.7 Å². The lowest BCUT2D eigenvalue weighted by molar-refractivity contribution is -0.274. The average molecular weight is 599 g/mol. The van der Waals surface area contributed by atoms with Crippen LogP contribution in [0.25, 0.3) is 0 Å². The van der Waals surface area contributed by atoms with Gasteiger partial charge in [-0.2, -0.15) is 4.31 Å². The number of nitrogens with zero attached hydrogens (tertiary/aromatic N) is 2. The number of hydrogen-bond donors (Lipinski definition) is 2. The molecule has 0 bridgehead atoms. The van der Waals surface area contributed by atoms with Gasteiger partial charge in [-0.15, -0.1) is 13.2 Å². The molecule has 2 aliphatic heterocycles. The molecule has 0 spiro atoms. The fourth-order valence-corrected chi connectivity index (χ4v) is 6.50. The molecule has 2 heterocycles. The van der Waals surface area contributed by atoms with Gasteiger partial charge in [-0.3, -0.25) is 9.59 Å². The predicted molar refractivity (Wildman–Crippen MR) is 142 cm³/mol. The predicted octanol–water partition coefficient (Wildman–Crippen LogP) is 3.07. The quantitative estimate of drug-likeness (QED) is 0.478. The van der Waals surface area contributed by atoms with Crippen LogP contribution in [-0.2, 0) is 26.2 Å². The molecule has 2 aromatic carbocycles. The fraction of sp³-hybridized carbons (Fsp3) is 0.481. The first-order valence-corrected chi connectivity index (χ1v) is 14.5. The van der Waals surface area contributed by atoms with Gasteiger partial charge in [0, 0.05) is 37.2 Å². The van der Waals surface area contributed by atoms with Crippen LogP contribution in [0.1, 0.15) is 50.8 Å². The molecule has 41 heavy (non-hydrogen) atoms. The smallest absolute Gasteiger partial charge is 0.493 e. The molecule has 2 aliphatic rings. The van der Waals surface area contributed by atoms with Crippen LogP contribution >= 0.6 is 0 Å². The van der Waals surface area contributed by atoms with Gasteiger partial charge in [-0.1, -0.05) is 12.1 Å². The normalized spacial score (nSPS) is 20.3. The summed E-state index contributed by atoms with van der Waals surface area (Å²) in [4.78, 5) is 26.9. The van der Waals surface area contributed by atoms with Gasteiger partial charge in [0.25, 0.3) is 0 Å². The molecule has 1 unspecified atom stereocenters. The minimum absolute atomic E-state index is 0.0278. The van der Waals surface area contributed by atoms with Crippen molar-refractivity contribution in [3.05, 3.63) is 53.6 Å². The Kier molecular flexibility index (Phi) is 8.58. The number of hydrogen-bond acceptors (Lipinski definition) is 7. The molecule has 0 aromatic heterocycles. The maximum atomic E-state index is 13.8. The molecule has 2 aromatic rings. The first-order valence-electron chi connectivity index (χ1n) is 13.0. The second kappa shape index (κ2) is 11.5. The van der Waals surface area contributed by atoms with E-state index < -0.39 is 52.5 Å². The Morgan fingerprint density at radius 1 is 1.12 bits per heavy atom. The number of fused-ring (bicyclic) bond motifs is 1. The minimum Gasteiger partial charge on any atom is -0.493 e. The third-order valence-corrected chi connectivity index (χ3v) is 8.74. The first-order chi connectivity index (χ1) is 19.0. The Hall–Kier alpha value is -3.36. The van der Waals surface area contributed by atoms with Gasteiger partial charge in [0.05, 0.1) is 24.0 Å². The minimum atomic E-state index is -4.94. The van der Waals surface area contributed by atoms with E-state index in [0.717, 1.165) is 39.7 Å². The lowest BCUT2D eigenvalue weighted by Gasteiger charge is -2.44. The van der Waals surface area contributed by atoms with Crippen LogP contribution in [0.5, 0.6) is 11.5 Å². The Morgan fingerprint density at radius 2 is 1.80 bits per heavy atom. The number of primary amides is 1. The van der Waals surface area contributed by atoms with Crippen molar-refractivity contribution < 1.29 is 40.7 Å². The number of sulfonamides is 1. The molecule has 1 saturated heterocycles. The summed E-state index contributed by atoms with van der Waals surface area (Å²) >= 11 is 0. The summed E-state index contributed by atoms with van der Waals surface area (Å²) in [5.74, 6) is -1.43. The van der Waals surface area contributed by atoms with E-state index in [9.17, 15) is 31.2 Å². The van der Waals surface area contributed by atoms with Crippen molar-refractivity contribution in [2.45, 2.75) is 69.0 Å². The molecule has 0 radical (unpaired) electrons. The van der Waals surface area contributed by atoms with Crippen LogP contribution in [-0.4, -0.2) is 67.1 Å². The molecule has 224 valence electrons. The number of benzene rings is 2. The molecule has 1 fully saturated rings. The highest BCUT2D eigenvalue weighted by Crippen LogP contribution is 2.39. The lowest BCUT2D eigenvalue weighted by atomic mass is 9.95. The topological polar surface area (TPSA) is 131 Å².